The fourth-order valence-electron chi connectivity index (χ4n) is 2.90. The molecule has 7 nitrogen and oxygen atoms in total. The number of fused-ring (bicyclic) bond motifs is 1. The number of hydrogen-bond acceptors (Lipinski definition) is 4. The van der Waals surface area contributed by atoms with Crippen LogP contribution in [0.2, 0.25) is 0 Å². The molecule has 1 saturated heterocycles. The Morgan fingerprint density at radius 3 is 2.87 bits per heavy atom. The summed E-state index contributed by atoms with van der Waals surface area (Å²) in [7, 11) is 0. The number of carbonyl (C=O) groups excluding carboxylic acids is 1. The van der Waals surface area contributed by atoms with Crippen molar-refractivity contribution in [2.75, 3.05) is 13.1 Å². The van der Waals surface area contributed by atoms with Crippen LogP contribution in [0.15, 0.2) is 47.4 Å². The summed E-state index contributed by atoms with van der Waals surface area (Å²) in [4.78, 5) is 25.9. The number of nitrogens with one attached hydrogen (secondary N) is 1. The fourth-order valence-corrected chi connectivity index (χ4v) is 2.90. The second-order valence-electron chi connectivity index (χ2n) is 5.74. The first-order chi connectivity index (χ1) is 11.2. The molecule has 0 atom stereocenters. The van der Waals surface area contributed by atoms with Crippen LogP contribution in [0.5, 0.6) is 0 Å². The van der Waals surface area contributed by atoms with Crippen molar-refractivity contribution in [2.45, 2.75) is 6.54 Å². The largest absolute Gasteiger partial charge is 0.336 e. The van der Waals surface area contributed by atoms with Crippen LogP contribution in [0.4, 0.5) is 0 Å². The summed E-state index contributed by atoms with van der Waals surface area (Å²) in [6.45, 7) is 1.76. The molecule has 1 aromatic carbocycles. The fraction of sp³-hybridized carbons (Fsp3) is 0.250. The lowest BCUT2D eigenvalue weighted by Crippen LogP contribution is -2.52. The first-order valence-corrected chi connectivity index (χ1v) is 7.47. The number of aromatic amines is 1. The lowest BCUT2D eigenvalue weighted by atomic mass is 9.99. The van der Waals surface area contributed by atoms with Gasteiger partial charge in [0.2, 0.25) is 0 Å². The van der Waals surface area contributed by atoms with Gasteiger partial charge in [-0.25, -0.2) is 4.68 Å². The van der Waals surface area contributed by atoms with Gasteiger partial charge in [-0.1, -0.05) is 18.2 Å². The maximum Gasteiger partial charge on any atom is 0.275 e. The summed E-state index contributed by atoms with van der Waals surface area (Å²) in [5.41, 5.74) is 1.19. The number of aromatic nitrogens is 4. The standard InChI is InChI=1S/C16H15N5O2/c22-14-6-3-7-17-21(14)10-11-8-20(9-11)16(23)15-12-4-1-2-5-13(12)18-19-15/h1-7,11H,8-10H2,(H,18,19). The highest BCUT2D eigenvalue weighted by molar-refractivity contribution is 6.04. The Morgan fingerprint density at radius 2 is 2.04 bits per heavy atom. The van der Waals surface area contributed by atoms with E-state index in [4.69, 9.17) is 0 Å². The zero-order valence-corrected chi connectivity index (χ0v) is 12.3. The number of carbonyl (C=O) groups is 1. The number of benzene rings is 1. The molecule has 1 fully saturated rings. The van der Waals surface area contributed by atoms with Crippen molar-refractivity contribution in [2.24, 2.45) is 5.92 Å². The van der Waals surface area contributed by atoms with Gasteiger partial charge >= 0.3 is 0 Å². The first kappa shape index (κ1) is 13.7. The molecule has 1 amide bonds. The Hall–Kier alpha value is -2.96. The molecule has 0 unspecified atom stereocenters. The predicted molar refractivity (Wildman–Crippen MR) is 84.0 cm³/mol. The van der Waals surface area contributed by atoms with Crippen LogP contribution in [-0.2, 0) is 6.54 Å². The molecule has 0 aliphatic carbocycles. The molecule has 1 aliphatic rings. The molecule has 4 rings (SSSR count). The van der Waals surface area contributed by atoms with E-state index in [2.05, 4.69) is 15.3 Å². The molecule has 7 heteroatoms. The minimum atomic E-state index is -0.115. The first-order valence-electron chi connectivity index (χ1n) is 7.47. The molecule has 116 valence electrons. The van der Waals surface area contributed by atoms with Gasteiger partial charge in [-0.3, -0.25) is 14.7 Å². The smallest absolute Gasteiger partial charge is 0.275 e. The van der Waals surface area contributed by atoms with Crippen LogP contribution in [0, 0.1) is 5.92 Å². The Kier molecular flexibility index (Phi) is 3.18. The predicted octanol–water partition coefficient (Wildman–Crippen LogP) is 0.892. The Bertz CT molecular complexity index is 923. The quantitative estimate of drug-likeness (QED) is 0.779. The topological polar surface area (TPSA) is 83.9 Å². The molecule has 1 aliphatic heterocycles. The SMILES string of the molecule is O=C(c1n[nH]c2ccccc12)N1CC(Cn2ncccc2=O)C1. The molecule has 0 spiro atoms. The van der Waals surface area contributed by atoms with Crippen LogP contribution in [-0.4, -0.2) is 43.9 Å². The second-order valence-corrected chi connectivity index (χ2v) is 5.74. The molecular weight excluding hydrogens is 294 g/mol. The van der Waals surface area contributed by atoms with Crippen molar-refractivity contribution >= 4 is 16.8 Å². The van der Waals surface area contributed by atoms with Gasteiger partial charge < -0.3 is 4.90 Å². The van der Waals surface area contributed by atoms with E-state index in [1.807, 2.05) is 24.3 Å². The number of rotatable bonds is 3. The van der Waals surface area contributed by atoms with Crippen molar-refractivity contribution in [1.82, 2.24) is 24.9 Å². The second kappa shape index (κ2) is 5.35. The monoisotopic (exact) mass is 309 g/mol. The Balaban J connectivity index is 1.45. The summed E-state index contributed by atoms with van der Waals surface area (Å²) in [5.74, 6) is 0.170. The van der Waals surface area contributed by atoms with E-state index in [0.29, 0.717) is 25.3 Å². The van der Waals surface area contributed by atoms with Gasteiger partial charge in [-0.15, -0.1) is 0 Å². The molecule has 3 heterocycles. The normalized spacial score (nSPS) is 14.9. The summed E-state index contributed by atoms with van der Waals surface area (Å²) in [6.07, 6.45) is 1.60. The zero-order chi connectivity index (χ0) is 15.8. The van der Waals surface area contributed by atoms with E-state index in [1.165, 1.54) is 10.7 Å². The minimum Gasteiger partial charge on any atom is -0.336 e. The van der Waals surface area contributed by atoms with Gasteiger partial charge in [-0.05, 0) is 12.1 Å². The highest BCUT2D eigenvalue weighted by Gasteiger charge is 2.33. The van der Waals surface area contributed by atoms with Crippen molar-refractivity contribution in [3.63, 3.8) is 0 Å². The van der Waals surface area contributed by atoms with Gasteiger partial charge in [0.05, 0.1) is 12.1 Å². The molecule has 1 N–H and O–H groups in total. The van der Waals surface area contributed by atoms with Crippen LogP contribution < -0.4 is 5.56 Å². The summed E-state index contributed by atoms with van der Waals surface area (Å²) >= 11 is 0. The zero-order valence-electron chi connectivity index (χ0n) is 12.3. The van der Waals surface area contributed by atoms with Gasteiger partial charge in [-0.2, -0.15) is 10.2 Å². The molecule has 0 saturated carbocycles. The van der Waals surface area contributed by atoms with Crippen molar-refractivity contribution in [3.05, 3.63) is 58.6 Å². The lowest BCUT2D eigenvalue weighted by Gasteiger charge is -2.38. The van der Waals surface area contributed by atoms with Crippen molar-refractivity contribution in [3.8, 4) is 0 Å². The highest BCUT2D eigenvalue weighted by atomic mass is 16.2. The van der Waals surface area contributed by atoms with Gasteiger partial charge in [0.1, 0.15) is 0 Å². The number of likely N-dealkylation sites (tertiary alicyclic amines) is 1. The van der Waals surface area contributed by atoms with E-state index >= 15 is 0 Å². The summed E-state index contributed by atoms with van der Waals surface area (Å²) in [5, 5.41) is 11.9. The third-order valence-electron chi connectivity index (χ3n) is 4.13. The maximum atomic E-state index is 12.5. The Morgan fingerprint density at radius 1 is 1.22 bits per heavy atom. The average Bonchev–Trinajstić information content (AvgIpc) is 2.95. The third-order valence-corrected chi connectivity index (χ3v) is 4.13. The summed E-state index contributed by atoms with van der Waals surface area (Å²) < 4.78 is 1.44. The molecule has 2 aromatic heterocycles. The van der Waals surface area contributed by atoms with Gasteiger partial charge in [0.15, 0.2) is 5.69 Å². The van der Waals surface area contributed by atoms with Gasteiger partial charge in [0, 0.05) is 36.7 Å². The van der Waals surface area contributed by atoms with Crippen LogP contribution in [0.25, 0.3) is 10.9 Å². The number of nitrogens with zero attached hydrogens (tertiary/aromatic N) is 4. The molecule has 0 bridgehead atoms. The summed E-state index contributed by atoms with van der Waals surface area (Å²) in [6, 6.07) is 10.7. The van der Waals surface area contributed by atoms with Crippen molar-refractivity contribution < 1.29 is 4.79 Å². The average molecular weight is 309 g/mol. The molecular formula is C16H15N5O2. The number of hydrogen-bond donors (Lipinski definition) is 1. The number of para-hydroxylation sites is 1. The number of amides is 1. The van der Waals surface area contributed by atoms with Crippen molar-refractivity contribution in [1.29, 1.82) is 0 Å². The third kappa shape index (κ3) is 2.40. The Labute approximate surface area is 131 Å². The molecule has 23 heavy (non-hydrogen) atoms. The molecule has 3 aromatic rings. The van der Waals surface area contributed by atoms with E-state index in [9.17, 15) is 9.59 Å². The maximum absolute atomic E-state index is 12.5. The lowest BCUT2D eigenvalue weighted by molar-refractivity contribution is 0.0454. The van der Waals surface area contributed by atoms with E-state index in [-0.39, 0.29) is 17.4 Å². The minimum absolute atomic E-state index is 0.0768. The molecule has 0 radical (unpaired) electrons. The van der Waals surface area contributed by atoms with E-state index in [1.54, 1.807) is 17.2 Å². The van der Waals surface area contributed by atoms with E-state index < -0.39 is 0 Å². The van der Waals surface area contributed by atoms with Crippen LogP contribution in [0.3, 0.4) is 0 Å². The number of H-pyrrole nitrogens is 1. The van der Waals surface area contributed by atoms with E-state index in [0.717, 1.165) is 10.9 Å². The van der Waals surface area contributed by atoms with Crippen LogP contribution >= 0.6 is 0 Å². The highest BCUT2D eigenvalue weighted by Crippen LogP contribution is 2.22. The van der Waals surface area contributed by atoms with Crippen LogP contribution in [0.1, 0.15) is 10.5 Å². The van der Waals surface area contributed by atoms with Gasteiger partial charge in [0.25, 0.3) is 11.5 Å².